The molecule has 0 aliphatic carbocycles. The van der Waals surface area contributed by atoms with Crippen LogP contribution in [0.25, 0.3) is 11.0 Å². The number of hydrogen-bond acceptors (Lipinski definition) is 3. The van der Waals surface area contributed by atoms with Crippen LogP contribution in [0.4, 0.5) is 0 Å². The Bertz CT molecular complexity index is 739. The maximum atomic E-state index is 12.2. The smallest absolute Gasteiger partial charge is 0.280 e. The van der Waals surface area contributed by atoms with Crippen molar-refractivity contribution >= 4 is 16.9 Å². The second-order valence-corrected chi connectivity index (χ2v) is 6.87. The summed E-state index contributed by atoms with van der Waals surface area (Å²) in [5, 5.41) is 2.81. The Hall–Kier alpha value is -2.17. The molecule has 0 saturated heterocycles. The first kappa shape index (κ1) is 20.1. The predicted octanol–water partition coefficient (Wildman–Crippen LogP) is 4.57. The number of nitrogens with one attached hydrogen (secondary N) is 2. The number of carbonyl (C=O) groups excluding carboxylic acids is 1. The van der Waals surface area contributed by atoms with Crippen molar-refractivity contribution in [1.82, 2.24) is 15.3 Å². The van der Waals surface area contributed by atoms with Gasteiger partial charge in [0, 0.05) is 6.54 Å². The molecular formula is C21H31N3O2. The molecule has 0 saturated carbocycles. The number of unbranched alkanes of at least 4 members (excludes halogenated alkanes) is 9. The van der Waals surface area contributed by atoms with E-state index in [1.54, 1.807) is 12.1 Å². The van der Waals surface area contributed by atoms with Crippen molar-refractivity contribution in [1.29, 1.82) is 0 Å². The van der Waals surface area contributed by atoms with Crippen LogP contribution in [0.1, 0.15) is 81.6 Å². The van der Waals surface area contributed by atoms with Gasteiger partial charge in [-0.3, -0.25) is 9.59 Å². The number of amides is 1. The minimum atomic E-state index is -0.440. The summed E-state index contributed by atoms with van der Waals surface area (Å²) in [5.41, 5.74) is 0.764. The van der Waals surface area contributed by atoms with Crippen molar-refractivity contribution in [3.8, 4) is 0 Å². The highest BCUT2D eigenvalue weighted by Gasteiger charge is 2.12. The van der Waals surface area contributed by atoms with E-state index in [9.17, 15) is 9.59 Å². The maximum Gasteiger partial charge on any atom is 0.280 e. The molecule has 0 bridgehead atoms. The zero-order valence-electron chi connectivity index (χ0n) is 15.9. The molecule has 142 valence electrons. The normalized spacial score (nSPS) is 11.0. The van der Waals surface area contributed by atoms with Crippen molar-refractivity contribution in [3.63, 3.8) is 0 Å². The van der Waals surface area contributed by atoms with Crippen molar-refractivity contribution < 1.29 is 4.79 Å². The Kier molecular flexibility index (Phi) is 8.87. The van der Waals surface area contributed by atoms with Gasteiger partial charge in [-0.15, -0.1) is 0 Å². The van der Waals surface area contributed by atoms with Crippen molar-refractivity contribution in [2.45, 2.75) is 71.1 Å². The van der Waals surface area contributed by atoms with Crippen LogP contribution in [0.2, 0.25) is 0 Å². The number of aromatic amines is 1. The molecule has 2 aromatic rings. The molecule has 1 aromatic carbocycles. The SMILES string of the molecule is CCCCCCCCCCCCNC(=O)c1nc2ccccc2[nH]c1=O. The van der Waals surface area contributed by atoms with Gasteiger partial charge in [-0.05, 0) is 18.6 Å². The summed E-state index contributed by atoms with van der Waals surface area (Å²) in [7, 11) is 0. The van der Waals surface area contributed by atoms with E-state index < -0.39 is 11.5 Å². The molecule has 2 N–H and O–H groups in total. The van der Waals surface area contributed by atoms with E-state index in [0.29, 0.717) is 17.6 Å². The summed E-state index contributed by atoms with van der Waals surface area (Å²) in [6.07, 6.45) is 12.6. The van der Waals surface area contributed by atoms with Crippen molar-refractivity contribution in [3.05, 3.63) is 40.3 Å². The van der Waals surface area contributed by atoms with Crippen LogP contribution in [0.15, 0.2) is 29.1 Å². The van der Waals surface area contributed by atoms with Gasteiger partial charge in [-0.2, -0.15) is 0 Å². The van der Waals surface area contributed by atoms with E-state index in [2.05, 4.69) is 22.2 Å². The lowest BCUT2D eigenvalue weighted by atomic mass is 10.1. The number of aromatic nitrogens is 2. The molecule has 1 aromatic heterocycles. The number of carbonyl (C=O) groups is 1. The molecule has 0 radical (unpaired) electrons. The number of para-hydroxylation sites is 2. The lowest BCUT2D eigenvalue weighted by molar-refractivity contribution is 0.0946. The van der Waals surface area contributed by atoms with Crippen LogP contribution < -0.4 is 10.9 Å². The zero-order chi connectivity index (χ0) is 18.6. The molecule has 1 heterocycles. The molecule has 0 unspecified atom stereocenters. The Morgan fingerprint density at radius 3 is 2.27 bits per heavy atom. The van der Waals surface area contributed by atoms with E-state index in [1.807, 2.05) is 12.1 Å². The van der Waals surface area contributed by atoms with E-state index in [1.165, 1.54) is 51.4 Å². The Balaban J connectivity index is 1.62. The van der Waals surface area contributed by atoms with Crippen LogP contribution in [-0.4, -0.2) is 22.4 Å². The lowest BCUT2D eigenvalue weighted by Gasteiger charge is -2.05. The number of nitrogens with zero attached hydrogens (tertiary/aromatic N) is 1. The number of H-pyrrole nitrogens is 1. The minimum Gasteiger partial charge on any atom is -0.351 e. The maximum absolute atomic E-state index is 12.2. The van der Waals surface area contributed by atoms with Gasteiger partial charge < -0.3 is 10.3 Å². The third kappa shape index (κ3) is 6.62. The number of rotatable bonds is 12. The van der Waals surface area contributed by atoms with Crippen molar-refractivity contribution in [2.75, 3.05) is 6.54 Å². The fourth-order valence-electron chi connectivity index (χ4n) is 3.08. The average molecular weight is 357 g/mol. The van der Waals surface area contributed by atoms with E-state index in [0.717, 1.165) is 12.8 Å². The third-order valence-electron chi connectivity index (χ3n) is 4.63. The van der Waals surface area contributed by atoms with Gasteiger partial charge in [0.1, 0.15) is 0 Å². The lowest BCUT2D eigenvalue weighted by Crippen LogP contribution is -2.31. The highest BCUT2D eigenvalue weighted by Crippen LogP contribution is 2.10. The minimum absolute atomic E-state index is 0.0595. The molecule has 0 atom stereocenters. The Morgan fingerprint density at radius 2 is 1.58 bits per heavy atom. The van der Waals surface area contributed by atoms with Gasteiger partial charge in [0.15, 0.2) is 5.69 Å². The standard InChI is InChI=1S/C21H31N3O2/c1-2-3-4-5-6-7-8-9-10-13-16-22-20(25)19-21(26)24-18-15-12-11-14-17(18)23-19/h11-12,14-15H,2-10,13,16H2,1H3,(H,22,25)(H,24,26). The Labute approximate surface area is 155 Å². The van der Waals surface area contributed by atoms with Gasteiger partial charge in [-0.25, -0.2) is 4.98 Å². The molecule has 0 aliphatic rings. The van der Waals surface area contributed by atoms with Gasteiger partial charge in [0.25, 0.3) is 11.5 Å². The van der Waals surface area contributed by atoms with E-state index >= 15 is 0 Å². The molecule has 5 heteroatoms. The Morgan fingerprint density at radius 1 is 0.962 bits per heavy atom. The molecule has 0 spiro atoms. The average Bonchev–Trinajstić information content (AvgIpc) is 2.65. The molecule has 0 aliphatic heterocycles. The van der Waals surface area contributed by atoms with E-state index in [-0.39, 0.29) is 5.69 Å². The molecule has 5 nitrogen and oxygen atoms in total. The highest BCUT2D eigenvalue weighted by atomic mass is 16.2. The van der Waals surface area contributed by atoms with Gasteiger partial charge in [-0.1, -0.05) is 76.8 Å². The number of fused-ring (bicyclic) bond motifs is 1. The summed E-state index contributed by atoms with van der Waals surface area (Å²) < 4.78 is 0. The summed E-state index contributed by atoms with van der Waals surface area (Å²) in [4.78, 5) is 31.1. The van der Waals surface area contributed by atoms with Crippen LogP contribution in [0.5, 0.6) is 0 Å². The first-order chi connectivity index (χ1) is 12.7. The summed E-state index contributed by atoms with van der Waals surface area (Å²) in [6.45, 7) is 2.83. The fraction of sp³-hybridized carbons (Fsp3) is 0.571. The van der Waals surface area contributed by atoms with Crippen LogP contribution >= 0.6 is 0 Å². The largest absolute Gasteiger partial charge is 0.351 e. The quantitative estimate of drug-likeness (QED) is 0.546. The summed E-state index contributed by atoms with van der Waals surface area (Å²) in [5.74, 6) is -0.395. The van der Waals surface area contributed by atoms with Gasteiger partial charge in [0.05, 0.1) is 11.0 Å². The zero-order valence-corrected chi connectivity index (χ0v) is 15.9. The monoisotopic (exact) mass is 357 g/mol. The first-order valence-corrected chi connectivity index (χ1v) is 9.99. The second-order valence-electron chi connectivity index (χ2n) is 6.87. The topological polar surface area (TPSA) is 74.8 Å². The summed E-state index contributed by atoms with van der Waals surface area (Å²) in [6, 6.07) is 7.21. The molecule has 26 heavy (non-hydrogen) atoms. The number of benzene rings is 1. The number of hydrogen-bond donors (Lipinski definition) is 2. The van der Waals surface area contributed by atoms with Gasteiger partial charge in [0.2, 0.25) is 0 Å². The summed E-state index contributed by atoms with van der Waals surface area (Å²) >= 11 is 0. The molecule has 2 rings (SSSR count). The second kappa shape index (κ2) is 11.4. The van der Waals surface area contributed by atoms with Gasteiger partial charge >= 0.3 is 0 Å². The fourth-order valence-corrected chi connectivity index (χ4v) is 3.08. The van der Waals surface area contributed by atoms with E-state index in [4.69, 9.17) is 0 Å². The predicted molar refractivity (Wildman–Crippen MR) is 107 cm³/mol. The van der Waals surface area contributed by atoms with Crippen LogP contribution in [0.3, 0.4) is 0 Å². The third-order valence-corrected chi connectivity index (χ3v) is 4.63. The molecule has 1 amide bonds. The van der Waals surface area contributed by atoms with Crippen LogP contribution in [-0.2, 0) is 0 Å². The molecular weight excluding hydrogens is 326 g/mol. The molecule has 0 fully saturated rings. The van der Waals surface area contributed by atoms with Crippen molar-refractivity contribution in [2.24, 2.45) is 0 Å². The highest BCUT2D eigenvalue weighted by molar-refractivity contribution is 5.93. The first-order valence-electron chi connectivity index (χ1n) is 9.99. The van der Waals surface area contributed by atoms with Crippen LogP contribution in [0, 0.1) is 0 Å².